The van der Waals surface area contributed by atoms with Gasteiger partial charge in [0.25, 0.3) is 5.56 Å². The number of sulfonamides is 1. The van der Waals surface area contributed by atoms with Gasteiger partial charge in [-0.15, -0.1) is 0 Å². The number of nitrogens with one attached hydrogen (secondary N) is 1. The standard InChI is InChI=1S/C21H30N2O4S/c1-14(2)23(28(7,25)26)13-15-11-19(27-6)18(21(3,4)5)12-17(15)16-9-8-10-22-20(16)24/h8-12,14H,13H2,1-7H3,(H,22,24). The molecule has 0 atom stereocenters. The summed E-state index contributed by atoms with van der Waals surface area (Å²) in [5.41, 5.74) is 2.46. The van der Waals surface area contributed by atoms with Crippen molar-refractivity contribution in [1.29, 1.82) is 0 Å². The number of hydrogen-bond acceptors (Lipinski definition) is 4. The third-order valence-corrected chi connectivity index (χ3v) is 6.07. The fourth-order valence-corrected chi connectivity index (χ4v) is 4.38. The molecule has 0 fully saturated rings. The van der Waals surface area contributed by atoms with E-state index in [0.29, 0.717) is 16.9 Å². The molecule has 0 unspecified atom stereocenters. The maximum Gasteiger partial charge on any atom is 0.255 e. The molecular weight excluding hydrogens is 376 g/mol. The summed E-state index contributed by atoms with van der Waals surface area (Å²) in [5.74, 6) is 0.677. The van der Waals surface area contributed by atoms with E-state index in [1.165, 1.54) is 10.6 Å². The van der Waals surface area contributed by atoms with Gasteiger partial charge in [0, 0.05) is 29.9 Å². The molecule has 1 heterocycles. The minimum absolute atomic E-state index is 0.154. The number of methoxy groups -OCH3 is 1. The number of H-pyrrole nitrogens is 1. The molecule has 1 aromatic carbocycles. The molecule has 0 aliphatic rings. The highest BCUT2D eigenvalue weighted by molar-refractivity contribution is 7.88. The summed E-state index contributed by atoms with van der Waals surface area (Å²) in [6, 6.07) is 7.09. The predicted molar refractivity (Wildman–Crippen MR) is 113 cm³/mol. The zero-order valence-corrected chi connectivity index (χ0v) is 18.5. The third kappa shape index (κ3) is 4.83. The number of benzene rings is 1. The molecule has 1 aromatic heterocycles. The molecule has 0 saturated heterocycles. The third-order valence-electron chi connectivity index (χ3n) is 4.67. The second-order valence-corrected chi connectivity index (χ2v) is 10.2. The van der Waals surface area contributed by atoms with Crippen LogP contribution >= 0.6 is 0 Å². The second kappa shape index (κ2) is 8.09. The van der Waals surface area contributed by atoms with Crippen molar-refractivity contribution in [2.75, 3.05) is 13.4 Å². The first-order valence-electron chi connectivity index (χ1n) is 9.22. The highest BCUT2D eigenvalue weighted by Crippen LogP contribution is 2.37. The smallest absolute Gasteiger partial charge is 0.255 e. The number of aromatic amines is 1. The lowest BCUT2D eigenvalue weighted by Gasteiger charge is -2.28. The maximum atomic E-state index is 12.5. The molecule has 2 aromatic rings. The summed E-state index contributed by atoms with van der Waals surface area (Å²) < 4.78 is 31.6. The van der Waals surface area contributed by atoms with Crippen molar-refractivity contribution in [2.45, 2.75) is 52.6 Å². The normalized spacial score (nSPS) is 12.6. The summed E-state index contributed by atoms with van der Waals surface area (Å²) in [6.07, 6.45) is 2.78. The number of ether oxygens (including phenoxy) is 1. The van der Waals surface area contributed by atoms with Gasteiger partial charge in [-0.3, -0.25) is 4.79 Å². The Labute approximate surface area is 167 Å². The van der Waals surface area contributed by atoms with Gasteiger partial charge in [-0.25, -0.2) is 8.42 Å². The molecule has 0 spiro atoms. The molecule has 0 bridgehead atoms. The van der Waals surface area contributed by atoms with E-state index in [1.807, 2.05) is 26.0 Å². The molecule has 0 amide bonds. The van der Waals surface area contributed by atoms with Crippen molar-refractivity contribution in [3.8, 4) is 16.9 Å². The number of aromatic nitrogens is 1. The molecule has 0 saturated carbocycles. The molecular formula is C21H30N2O4S. The predicted octanol–water partition coefficient (Wildman–Crippen LogP) is 3.52. The topological polar surface area (TPSA) is 79.5 Å². The van der Waals surface area contributed by atoms with Gasteiger partial charge >= 0.3 is 0 Å². The van der Waals surface area contributed by atoms with Crippen molar-refractivity contribution in [3.63, 3.8) is 0 Å². The van der Waals surface area contributed by atoms with Crippen LogP contribution in [-0.4, -0.2) is 37.1 Å². The van der Waals surface area contributed by atoms with Crippen molar-refractivity contribution >= 4 is 10.0 Å². The van der Waals surface area contributed by atoms with Crippen LogP contribution in [0.1, 0.15) is 45.7 Å². The lowest BCUT2D eigenvalue weighted by atomic mass is 9.83. The maximum absolute atomic E-state index is 12.5. The van der Waals surface area contributed by atoms with E-state index in [-0.39, 0.29) is 23.6 Å². The highest BCUT2D eigenvalue weighted by Gasteiger charge is 2.26. The van der Waals surface area contributed by atoms with E-state index in [1.54, 1.807) is 25.4 Å². The zero-order chi connectivity index (χ0) is 21.3. The largest absolute Gasteiger partial charge is 0.496 e. The summed E-state index contributed by atoms with van der Waals surface area (Å²) in [5, 5.41) is 0. The van der Waals surface area contributed by atoms with E-state index in [2.05, 4.69) is 25.8 Å². The van der Waals surface area contributed by atoms with E-state index in [0.717, 1.165) is 11.1 Å². The van der Waals surface area contributed by atoms with Crippen LogP contribution in [0.5, 0.6) is 5.75 Å². The second-order valence-electron chi connectivity index (χ2n) is 8.27. The van der Waals surface area contributed by atoms with E-state index in [4.69, 9.17) is 4.74 Å². The van der Waals surface area contributed by atoms with Crippen molar-refractivity contribution < 1.29 is 13.2 Å². The number of nitrogens with zero attached hydrogens (tertiary/aromatic N) is 1. The molecule has 0 aliphatic heterocycles. The van der Waals surface area contributed by atoms with E-state index >= 15 is 0 Å². The lowest BCUT2D eigenvalue weighted by Crippen LogP contribution is -2.35. The van der Waals surface area contributed by atoms with Gasteiger partial charge in [-0.1, -0.05) is 20.8 Å². The molecule has 0 aliphatic carbocycles. The van der Waals surface area contributed by atoms with Crippen LogP contribution in [0.15, 0.2) is 35.3 Å². The van der Waals surface area contributed by atoms with Gasteiger partial charge in [-0.05, 0) is 54.7 Å². The Morgan fingerprint density at radius 2 is 1.82 bits per heavy atom. The zero-order valence-electron chi connectivity index (χ0n) is 17.7. The van der Waals surface area contributed by atoms with Crippen molar-refractivity contribution in [1.82, 2.24) is 9.29 Å². The average molecular weight is 407 g/mol. The van der Waals surface area contributed by atoms with Crippen molar-refractivity contribution in [3.05, 3.63) is 51.9 Å². The van der Waals surface area contributed by atoms with Gasteiger partial charge in [0.2, 0.25) is 10.0 Å². The van der Waals surface area contributed by atoms with Gasteiger partial charge in [0.15, 0.2) is 0 Å². The van der Waals surface area contributed by atoms with E-state index < -0.39 is 10.0 Å². The summed E-state index contributed by atoms with van der Waals surface area (Å²) in [6.45, 7) is 10.0. The quantitative estimate of drug-likeness (QED) is 0.796. The Morgan fingerprint density at radius 3 is 2.29 bits per heavy atom. The van der Waals surface area contributed by atoms with Gasteiger partial charge < -0.3 is 9.72 Å². The number of hydrogen-bond donors (Lipinski definition) is 1. The van der Waals surface area contributed by atoms with Crippen LogP contribution < -0.4 is 10.3 Å². The molecule has 28 heavy (non-hydrogen) atoms. The van der Waals surface area contributed by atoms with Crippen LogP contribution in [0.4, 0.5) is 0 Å². The fourth-order valence-electron chi connectivity index (χ4n) is 3.24. The molecule has 7 heteroatoms. The first kappa shape index (κ1) is 22.2. The van der Waals surface area contributed by atoms with Gasteiger partial charge in [0.1, 0.15) is 5.75 Å². The minimum atomic E-state index is -3.42. The van der Waals surface area contributed by atoms with Gasteiger partial charge in [-0.2, -0.15) is 4.31 Å². The molecule has 6 nitrogen and oxygen atoms in total. The molecule has 0 radical (unpaired) electrons. The Kier molecular flexibility index (Phi) is 6.41. The highest BCUT2D eigenvalue weighted by atomic mass is 32.2. The first-order valence-corrected chi connectivity index (χ1v) is 11.1. The van der Waals surface area contributed by atoms with Crippen LogP contribution in [0.25, 0.3) is 11.1 Å². The molecule has 1 N–H and O–H groups in total. The number of pyridine rings is 1. The monoisotopic (exact) mass is 406 g/mol. The summed E-state index contributed by atoms with van der Waals surface area (Å²) >= 11 is 0. The minimum Gasteiger partial charge on any atom is -0.496 e. The molecule has 154 valence electrons. The number of rotatable bonds is 6. The van der Waals surface area contributed by atoms with Crippen LogP contribution in [0.3, 0.4) is 0 Å². The summed E-state index contributed by atoms with van der Waals surface area (Å²) in [4.78, 5) is 15.2. The fraction of sp³-hybridized carbons (Fsp3) is 0.476. The average Bonchev–Trinajstić information content (AvgIpc) is 2.57. The SMILES string of the molecule is COc1cc(CN(C(C)C)S(C)(=O)=O)c(-c2ccc[nH]c2=O)cc1C(C)(C)C. The first-order chi connectivity index (χ1) is 12.9. The van der Waals surface area contributed by atoms with Gasteiger partial charge in [0.05, 0.1) is 13.4 Å². The van der Waals surface area contributed by atoms with Crippen molar-refractivity contribution in [2.24, 2.45) is 0 Å². The van der Waals surface area contributed by atoms with Crippen LogP contribution in [0, 0.1) is 0 Å². The van der Waals surface area contributed by atoms with Crippen LogP contribution in [0.2, 0.25) is 0 Å². The Hall–Kier alpha value is -2.12. The van der Waals surface area contributed by atoms with Crippen LogP contribution in [-0.2, 0) is 22.0 Å². The Bertz CT molecular complexity index is 1000. The summed E-state index contributed by atoms with van der Waals surface area (Å²) in [7, 11) is -1.83. The van der Waals surface area contributed by atoms with E-state index in [9.17, 15) is 13.2 Å². The Morgan fingerprint density at radius 1 is 1.18 bits per heavy atom. The molecule has 2 rings (SSSR count). The Balaban J connectivity index is 2.80. The lowest BCUT2D eigenvalue weighted by molar-refractivity contribution is 0.349.